The van der Waals surface area contributed by atoms with Gasteiger partial charge in [-0.25, -0.2) is 0 Å². The van der Waals surface area contributed by atoms with E-state index < -0.39 is 0 Å². The summed E-state index contributed by atoms with van der Waals surface area (Å²) in [5, 5.41) is 11.5. The van der Waals surface area contributed by atoms with Crippen LogP contribution >= 0.6 is 11.6 Å². The van der Waals surface area contributed by atoms with Gasteiger partial charge in [0.1, 0.15) is 0 Å². The van der Waals surface area contributed by atoms with Crippen molar-refractivity contribution in [2.24, 2.45) is 5.16 Å². The van der Waals surface area contributed by atoms with Gasteiger partial charge in [-0.05, 0) is 29.8 Å². The van der Waals surface area contributed by atoms with E-state index >= 15 is 0 Å². The third kappa shape index (κ3) is 1.74. The minimum Gasteiger partial charge on any atom is -0.411 e. The van der Waals surface area contributed by atoms with Crippen molar-refractivity contribution in [3.63, 3.8) is 0 Å². The summed E-state index contributed by atoms with van der Waals surface area (Å²) in [4.78, 5) is 0. The molecule has 1 aromatic carbocycles. The third-order valence-electron chi connectivity index (χ3n) is 0.983. The van der Waals surface area contributed by atoms with E-state index in [2.05, 4.69) is 11.2 Å². The zero-order valence-electron chi connectivity index (χ0n) is 5.08. The normalized spacial score (nSPS) is 10.5. The van der Waals surface area contributed by atoms with Crippen LogP contribution in [-0.4, -0.2) is 11.4 Å². The van der Waals surface area contributed by atoms with Crippen LogP contribution < -0.4 is 0 Å². The first-order valence-electron chi connectivity index (χ1n) is 2.67. The molecule has 0 atom stereocenters. The Morgan fingerprint density at radius 3 is 3.00 bits per heavy atom. The van der Waals surface area contributed by atoms with E-state index in [0.717, 1.165) is 5.56 Å². The molecule has 0 aromatic heterocycles. The van der Waals surface area contributed by atoms with Gasteiger partial charge in [0.15, 0.2) is 0 Å². The fourth-order valence-corrected chi connectivity index (χ4v) is 0.790. The standard InChI is InChI=1S/C7H5ClNO/c8-7-3-1-2-6(4-7)5-9-10/h2-5,10H. The van der Waals surface area contributed by atoms with Crippen LogP contribution in [0.2, 0.25) is 5.02 Å². The molecule has 0 spiro atoms. The monoisotopic (exact) mass is 154 g/mol. The average molecular weight is 155 g/mol. The van der Waals surface area contributed by atoms with E-state index in [9.17, 15) is 0 Å². The number of nitrogens with zero attached hydrogens (tertiary/aromatic N) is 1. The minimum atomic E-state index is 0.581. The summed E-state index contributed by atoms with van der Waals surface area (Å²) in [7, 11) is 0. The molecule has 0 unspecified atom stereocenters. The average Bonchev–Trinajstić information content (AvgIpc) is 1.88. The Balaban J connectivity index is 2.95. The molecule has 1 radical (unpaired) electrons. The van der Waals surface area contributed by atoms with Crippen molar-refractivity contribution in [2.75, 3.05) is 0 Å². The lowest BCUT2D eigenvalue weighted by molar-refractivity contribution is 0.322. The van der Waals surface area contributed by atoms with Crippen LogP contribution in [0.4, 0.5) is 0 Å². The highest BCUT2D eigenvalue weighted by atomic mass is 35.5. The van der Waals surface area contributed by atoms with Gasteiger partial charge >= 0.3 is 0 Å². The Labute approximate surface area is 63.7 Å². The van der Waals surface area contributed by atoms with Crippen LogP contribution in [0.15, 0.2) is 23.4 Å². The zero-order chi connectivity index (χ0) is 7.40. The van der Waals surface area contributed by atoms with Crippen LogP contribution in [0.25, 0.3) is 0 Å². The summed E-state index contributed by atoms with van der Waals surface area (Å²) in [6, 6.07) is 7.77. The van der Waals surface area contributed by atoms with Gasteiger partial charge < -0.3 is 5.21 Å². The lowest BCUT2D eigenvalue weighted by atomic mass is 10.2. The first kappa shape index (κ1) is 7.09. The molecule has 0 aliphatic rings. The predicted octanol–water partition coefficient (Wildman–Crippen LogP) is 1.95. The van der Waals surface area contributed by atoms with E-state index in [0.29, 0.717) is 5.02 Å². The summed E-state index contributed by atoms with van der Waals surface area (Å²) in [6.07, 6.45) is 1.29. The van der Waals surface area contributed by atoms with E-state index in [1.807, 2.05) is 0 Å². The highest BCUT2D eigenvalue weighted by Gasteiger charge is 1.88. The van der Waals surface area contributed by atoms with Crippen LogP contribution in [0, 0.1) is 6.07 Å². The van der Waals surface area contributed by atoms with E-state index in [1.54, 1.807) is 18.2 Å². The Bertz CT molecular complexity index is 247. The van der Waals surface area contributed by atoms with Gasteiger partial charge in [0.2, 0.25) is 0 Å². The van der Waals surface area contributed by atoms with E-state index in [1.165, 1.54) is 6.21 Å². The third-order valence-corrected chi connectivity index (χ3v) is 1.20. The van der Waals surface area contributed by atoms with Crippen molar-refractivity contribution >= 4 is 17.8 Å². The molecule has 0 amide bonds. The number of benzene rings is 1. The molecule has 0 heterocycles. The predicted molar refractivity (Wildman–Crippen MR) is 39.7 cm³/mol. The first-order chi connectivity index (χ1) is 4.83. The summed E-state index contributed by atoms with van der Waals surface area (Å²) < 4.78 is 0. The maximum atomic E-state index is 8.12. The molecule has 3 heteroatoms. The zero-order valence-corrected chi connectivity index (χ0v) is 5.84. The van der Waals surface area contributed by atoms with E-state index in [4.69, 9.17) is 16.8 Å². The number of oxime groups is 1. The summed E-state index contributed by atoms with van der Waals surface area (Å²) in [5.41, 5.74) is 0.731. The van der Waals surface area contributed by atoms with Crippen molar-refractivity contribution in [2.45, 2.75) is 0 Å². The Hall–Kier alpha value is -1.02. The molecule has 51 valence electrons. The van der Waals surface area contributed by atoms with Gasteiger partial charge in [0.25, 0.3) is 0 Å². The summed E-state index contributed by atoms with van der Waals surface area (Å²) >= 11 is 5.61. The molecule has 1 aromatic rings. The Morgan fingerprint density at radius 2 is 2.40 bits per heavy atom. The quantitative estimate of drug-likeness (QED) is 0.374. The topological polar surface area (TPSA) is 32.6 Å². The van der Waals surface area contributed by atoms with Crippen molar-refractivity contribution < 1.29 is 5.21 Å². The molecular formula is C7H5ClNO. The maximum absolute atomic E-state index is 8.12. The summed E-state index contributed by atoms with van der Waals surface area (Å²) in [5.74, 6) is 0. The lowest BCUT2D eigenvalue weighted by Crippen LogP contribution is -1.78. The summed E-state index contributed by atoms with van der Waals surface area (Å²) in [6.45, 7) is 0. The van der Waals surface area contributed by atoms with Crippen molar-refractivity contribution in [1.29, 1.82) is 0 Å². The first-order valence-corrected chi connectivity index (χ1v) is 3.05. The van der Waals surface area contributed by atoms with E-state index in [-0.39, 0.29) is 0 Å². The van der Waals surface area contributed by atoms with Crippen LogP contribution in [0.5, 0.6) is 0 Å². The maximum Gasteiger partial charge on any atom is 0.0734 e. The van der Waals surface area contributed by atoms with Crippen molar-refractivity contribution in [3.05, 3.63) is 34.9 Å². The van der Waals surface area contributed by atoms with Crippen molar-refractivity contribution in [3.8, 4) is 0 Å². The second kappa shape index (κ2) is 3.22. The molecule has 0 aliphatic carbocycles. The molecule has 10 heavy (non-hydrogen) atoms. The number of hydrogen-bond acceptors (Lipinski definition) is 2. The molecule has 0 saturated carbocycles. The SMILES string of the molecule is ON=Cc1c[c]cc(Cl)c1. The van der Waals surface area contributed by atoms with Crippen LogP contribution in [0.3, 0.4) is 0 Å². The highest BCUT2D eigenvalue weighted by molar-refractivity contribution is 6.30. The van der Waals surface area contributed by atoms with Gasteiger partial charge in [-0.15, -0.1) is 0 Å². The molecule has 0 bridgehead atoms. The van der Waals surface area contributed by atoms with Gasteiger partial charge in [0.05, 0.1) is 6.21 Å². The highest BCUT2D eigenvalue weighted by Crippen LogP contribution is 2.07. The fourth-order valence-electron chi connectivity index (χ4n) is 0.601. The molecule has 1 N–H and O–H groups in total. The smallest absolute Gasteiger partial charge is 0.0734 e. The van der Waals surface area contributed by atoms with Crippen LogP contribution in [0.1, 0.15) is 5.56 Å². The second-order valence-electron chi connectivity index (χ2n) is 1.73. The number of hydrogen-bond donors (Lipinski definition) is 1. The minimum absolute atomic E-state index is 0.581. The van der Waals surface area contributed by atoms with Crippen LogP contribution in [-0.2, 0) is 0 Å². The van der Waals surface area contributed by atoms with Gasteiger partial charge in [-0.3, -0.25) is 0 Å². The van der Waals surface area contributed by atoms with Gasteiger partial charge in [0, 0.05) is 5.02 Å². The van der Waals surface area contributed by atoms with Gasteiger partial charge in [-0.1, -0.05) is 16.8 Å². The second-order valence-corrected chi connectivity index (χ2v) is 2.17. The Morgan fingerprint density at radius 1 is 1.60 bits per heavy atom. The molecule has 0 fully saturated rings. The lowest BCUT2D eigenvalue weighted by Gasteiger charge is -1.89. The molecule has 0 saturated heterocycles. The molecule has 2 nitrogen and oxygen atoms in total. The molecule has 0 aliphatic heterocycles. The molecular weight excluding hydrogens is 150 g/mol. The largest absolute Gasteiger partial charge is 0.411 e. The van der Waals surface area contributed by atoms with Gasteiger partial charge in [-0.2, -0.15) is 0 Å². The fraction of sp³-hybridized carbons (Fsp3) is 0. The number of rotatable bonds is 1. The van der Waals surface area contributed by atoms with Crippen molar-refractivity contribution in [1.82, 2.24) is 0 Å². The Kier molecular flexibility index (Phi) is 2.29. The molecule has 1 rings (SSSR count). The number of halogens is 1.